The molecule has 2 aromatic carbocycles. The number of fused-ring (bicyclic) bond motifs is 1. The normalized spacial score (nSPS) is 21.2. The van der Waals surface area contributed by atoms with Gasteiger partial charge >= 0.3 is 6.03 Å². The average molecular weight is 323 g/mol. The van der Waals surface area contributed by atoms with Crippen molar-refractivity contribution in [2.75, 3.05) is 26.2 Å². The first-order chi connectivity index (χ1) is 11.7. The number of carbonyl (C=O) groups excluding carboxylic acids is 2. The van der Waals surface area contributed by atoms with Crippen molar-refractivity contribution < 1.29 is 9.59 Å². The van der Waals surface area contributed by atoms with Crippen molar-refractivity contribution in [1.82, 2.24) is 15.1 Å². The van der Waals surface area contributed by atoms with Crippen LogP contribution in [0.1, 0.15) is 23.2 Å². The number of benzene rings is 2. The Bertz CT molecular complexity index is 789. The summed E-state index contributed by atoms with van der Waals surface area (Å²) in [5.41, 5.74) is 0.722. The molecule has 0 spiro atoms. The summed E-state index contributed by atoms with van der Waals surface area (Å²) in [7, 11) is 0. The number of piperidine rings is 1. The Morgan fingerprint density at radius 3 is 2.71 bits per heavy atom. The number of likely N-dealkylation sites (tertiary alicyclic amines) is 1. The van der Waals surface area contributed by atoms with Crippen LogP contribution in [0, 0.1) is 0 Å². The van der Waals surface area contributed by atoms with Gasteiger partial charge in [0.1, 0.15) is 0 Å². The van der Waals surface area contributed by atoms with E-state index >= 15 is 0 Å². The molecule has 1 N–H and O–H groups in total. The van der Waals surface area contributed by atoms with Gasteiger partial charge in [0.25, 0.3) is 5.91 Å². The highest BCUT2D eigenvalue weighted by atomic mass is 16.2. The van der Waals surface area contributed by atoms with Crippen molar-refractivity contribution >= 4 is 22.7 Å². The van der Waals surface area contributed by atoms with E-state index in [2.05, 4.69) is 5.32 Å². The van der Waals surface area contributed by atoms with Crippen LogP contribution in [0.25, 0.3) is 10.8 Å². The molecular formula is C19H21N3O2. The summed E-state index contributed by atoms with van der Waals surface area (Å²) in [6, 6.07) is 14.1. The third-order valence-corrected chi connectivity index (χ3v) is 5.01. The second kappa shape index (κ2) is 6.15. The maximum Gasteiger partial charge on any atom is 0.317 e. The van der Waals surface area contributed by atoms with E-state index in [0.717, 1.165) is 42.3 Å². The Morgan fingerprint density at radius 2 is 1.92 bits per heavy atom. The zero-order chi connectivity index (χ0) is 16.5. The van der Waals surface area contributed by atoms with Gasteiger partial charge in [0.2, 0.25) is 0 Å². The van der Waals surface area contributed by atoms with Crippen LogP contribution in [0.4, 0.5) is 4.79 Å². The molecule has 5 heteroatoms. The van der Waals surface area contributed by atoms with E-state index < -0.39 is 0 Å². The molecule has 4 rings (SSSR count). The Labute approximate surface area is 141 Å². The first kappa shape index (κ1) is 15.0. The van der Waals surface area contributed by atoms with Gasteiger partial charge in [-0.3, -0.25) is 4.79 Å². The SMILES string of the molecule is O=C(c1ccc2ccccc2c1)N1CCCC(N2CCNC2=O)C1. The number of amides is 3. The molecule has 2 aromatic rings. The maximum absolute atomic E-state index is 12.9. The predicted molar refractivity (Wildman–Crippen MR) is 93.0 cm³/mol. The summed E-state index contributed by atoms with van der Waals surface area (Å²) < 4.78 is 0. The van der Waals surface area contributed by atoms with Gasteiger partial charge in [0.05, 0.1) is 6.04 Å². The number of nitrogens with zero attached hydrogens (tertiary/aromatic N) is 2. The highest BCUT2D eigenvalue weighted by Crippen LogP contribution is 2.21. The second-order valence-electron chi connectivity index (χ2n) is 6.53. The summed E-state index contributed by atoms with van der Waals surface area (Å²) in [6.45, 7) is 2.83. The smallest absolute Gasteiger partial charge is 0.317 e. The van der Waals surface area contributed by atoms with Gasteiger partial charge in [-0.15, -0.1) is 0 Å². The quantitative estimate of drug-likeness (QED) is 0.923. The van der Waals surface area contributed by atoms with E-state index in [1.165, 1.54) is 0 Å². The van der Waals surface area contributed by atoms with E-state index in [1.54, 1.807) is 0 Å². The fourth-order valence-corrected chi connectivity index (χ4v) is 3.73. The standard InChI is InChI=1S/C19H21N3O2/c23-18(16-8-7-14-4-1-2-5-15(14)12-16)21-10-3-6-17(13-21)22-11-9-20-19(22)24/h1-2,4-5,7-8,12,17H,3,6,9-11,13H2,(H,20,24). The highest BCUT2D eigenvalue weighted by molar-refractivity contribution is 5.98. The van der Waals surface area contributed by atoms with Gasteiger partial charge in [-0.25, -0.2) is 4.79 Å². The van der Waals surface area contributed by atoms with Crippen molar-refractivity contribution in [2.45, 2.75) is 18.9 Å². The fourth-order valence-electron chi connectivity index (χ4n) is 3.73. The van der Waals surface area contributed by atoms with E-state index in [0.29, 0.717) is 13.1 Å². The summed E-state index contributed by atoms with van der Waals surface area (Å²) in [4.78, 5) is 28.5. The molecule has 2 aliphatic rings. The number of hydrogen-bond acceptors (Lipinski definition) is 2. The van der Waals surface area contributed by atoms with Gasteiger partial charge in [0, 0.05) is 31.7 Å². The van der Waals surface area contributed by atoms with E-state index in [1.807, 2.05) is 52.3 Å². The number of nitrogens with one attached hydrogen (secondary N) is 1. The van der Waals surface area contributed by atoms with Crippen LogP contribution in [-0.2, 0) is 0 Å². The molecule has 0 radical (unpaired) electrons. The highest BCUT2D eigenvalue weighted by Gasteiger charge is 2.33. The number of hydrogen-bond donors (Lipinski definition) is 1. The molecule has 24 heavy (non-hydrogen) atoms. The van der Waals surface area contributed by atoms with Crippen LogP contribution in [0.15, 0.2) is 42.5 Å². The van der Waals surface area contributed by atoms with Crippen LogP contribution >= 0.6 is 0 Å². The molecule has 1 atom stereocenters. The number of rotatable bonds is 2. The molecule has 1 unspecified atom stereocenters. The molecule has 3 amide bonds. The van der Waals surface area contributed by atoms with Crippen molar-refractivity contribution in [3.63, 3.8) is 0 Å². The topological polar surface area (TPSA) is 52.7 Å². The Hall–Kier alpha value is -2.56. The molecule has 2 aliphatic heterocycles. The van der Waals surface area contributed by atoms with Crippen molar-refractivity contribution in [2.24, 2.45) is 0 Å². The molecule has 0 saturated carbocycles. The minimum absolute atomic E-state index is 0.00000382. The number of urea groups is 1. The fraction of sp³-hybridized carbons (Fsp3) is 0.368. The summed E-state index contributed by atoms with van der Waals surface area (Å²) in [5.74, 6) is 0.0602. The molecule has 5 nitrogen and oxygen atoms in total. The minimum Gasteiger partial charge on any atom is -0.337 e. The van der Waals surface area contributed by atoms with Crippen LogP contribution in [-0.4, -0.2) is 54.0 Å². The molecule has 0 aromatic heterocycles. The van der Waals surface area contributed by atoms with Crippen LogP contribution in [0.2, 0.25) is 0 Å². The van der Waals surface area contributed by atoms with Gasteiger partial charge in [-0.2, -0.15) is 0 Å². The monoisotopic (exact) mass is 323 g/mol. The van der Waals surface area contributed by atoms with Crippen molar-refractivity contribution in [3.05, 3.63) is 48.0 Å². The largest absolute Gasteiger partial charge is 0.337 e. The van der Waals surface area contributed by atoms with Gasteiger partial charge < -0.3 is 15.1 Å². The second-order valence-corrected chi connectivity index (χ2v) is 6.53. The Balaban J connectivity index is 1.53. The predicted octanol–water partition coefficient (Wildman–Crippen LogP) is 2.47. The zero-order valence-corrected chi connectivity index (χ0v) is 13.6. The number of carbonyl (C=O) groups is 2. The van der Waals surface area contributed by atoms with Crippen molar-refractivity contribution in [3.8, 4) is 0 Å². The lowest BCUT2D eigenvalue weighted by Gasteiger charge is -2.37. The lowest BCUT2D eigenvalue weighted by molar-refractivity contribution is 0.0634. The van der Waals surface area contributed by atoms with Crippen LogP contribution < -0.4 is 5.32 Å². The maximum atomic E-state index is 12.9. The van der Waals surface area contributed by atoms with E-state index in [9.17, 15) is 9.59 Å². The zero-order valence-electron chi connectivity index (χ0n) is 13.6. The third-order valence-electron chi connectivity index (χ3n) is 5.01. The minimum atomic E-state index is 0.00000382. The van der Waals surface area contributed by atoms with Crippen LogP contribution in [0.3, 0.4) is 0 Å². The van der Waals surface area contributed by atoms with Crippen LogP contribution in [0.5, 0.6) is 0 Å². The van der Waals surface area contributed by atoms with E-state index in [-0.39, 0.29) is 18.0 Å². The summed E-state index contributed by atoms with van der Waals surface area (Å²) in [6.07, 6.45) is 1.91. The molecule has 0 bridgehead atoms. The molecule has 0 aliphatic carbocycles. The van der Waals surface area contributed by atoms with E-state index in [4.69, 9.17) is 0 Å². The summed E-state index contributed by atoms with van der Waals surface area (Å²) in [5, 5.41) is 5.06. The molecule has 124 valence electrons. The van der Waals surface area contributed by atoms with Gasteiger partial charge in [0.15, 0.2) is 0 Å². The van der Waals surface area contributed by atoms with Crippen molar-refractivity contribution in [1.29, 1.82) is 0 Å². The van der Waals surface area contributed by atoms with Gasteiger partial charge in [-0.05, 0) is 35.7 Å². The third kappa shape index (κ3) is 2.70. The Kier molecular flexibility index (Phi) is 3.84. The van der Waals surface area contributed by atoms with Gasteiger partial charge in [-0.1, -0.05) is 30.3 Å². The first-order valence-corrected chi connectivity index (χ1v) is 8.55. The lowest BCUT2D eigenvalue weighted by Crippen LogP contribution is -2.50. The molecular weight excluding hydrogens is 302 g/mol. The molecule has 2 fully saturated rings. The summed E-state index contributed by atoms with van der Waals surface area (Å²) >= 11 is 0. The first-order valence-electron chi connectivity index (χ1n) is 8.55. The Morgan fingerprint density at radius 1 is 1.08 bits per heavy atom. The molecule has 2 saturated heterocycles. The lowest BCUT2D eigenvalue weighted by atomic mass is 10.0. The average Bonchev–Trinajstić information content (AvgIpc) is 3.07. The molecule has 2 heterocycles.